The summed E-state index contributed by atoms with van der Waals surface area (Å²) in [5, 5.41) is 18.1. The molecule has 3 heterocycles. The monoisotopic (exact) mass is 467 g/mol. The van der Waals surface area contributed by atoms with E-state index >= 15 is 4.39 Å². The van der Waals surface area contributed by atoms with Gasteiger partial charge in [0.05, 0.1) is 5.69 Å². The summed E-state index contributed by atoms with van der Waals surface area (Å²) in [4.78, 5) is 16.7. The predicted molar refractivity (Wildman–Crippen MR) is 124 cm³/mol. The van der Waals surface area contributed by atoms with Gasteiger partial charge in [-0.25, -0.2) is 18.7 Å². The number of amides is 1. The molecule has 1 amide bonds. The molecule has 4 aliphatic rings. The maximum Gasteiger partial charge on any atom is 0.407 e. The van der Waals surface area contributed by atoms with Crippen molar-refractivity contribution >= 4 is 23.2 Å². The summed E-state index contributed by atoms with van der Waals surface area (Å²) in [7, 11) is 0. The minimum absolute atomic E-state index is 0.0738. The maximum atomic E-state index is 15.2. The SMILES string of the molecule is CC(C)(C)c1cc2c(Nc3cc([C@@H]4CC[C@H](OC(=O)NC56CC(C5)C6)[C@H]4F)[nH]n3)nccn2n1. The van der Waals surface area contributed by atoms with Crippen molar-refractivity contribution in [2.75, 3.05) is 5.32 Å². The average molecular weight is 468 g/mol. The zero-order valence-electron chi connectivity index (χ0n) is 19.6. The number of nitrogens with one attached hydrogen (secondary N) is 3. The Morgan fingerprint density at radius 2 is 2.06 bits per heavy atom. The third-order valence-electron chi connectivity index (χ3n) is 7.57. The third kappa shape index (κ3) is 3.59. The van der Waals surface area contributed by atoms with Gasteiger partial charge >= 0.3 is 6.09 Å². The first-order chi connectivity index (χ1) is 16.2. The number of carbonyl (C=O) groups is 1. The average Bonchev–Trinajstić information content (AvgIpc) is 3.43. The number of hydrogen-bond donors (Lipinski definition) is 3. The van der Waals surface area contributed by atoms with Gasteiger partial charge in [0.1, 0.15) is 17.8 Å². The van der Waals surface area contributed by atoms with Gasteiger partial charge in [-0.15, -0.1) is 0 Å². The minimum Gasteiger partial charge on any atom is -0.443 e. The quantitative estimate of drug-likeness (QED) is 0.515. The van der Waals surface area contributed by atoms with E-state index in [-0.39, 0.29) is 11.0 Å². The van der Waals surface area contributed by atoms with E-state index in [9.17, 15) is 4.79 Å². The molecule has 180 valence electrons. The summed E-state index contributed by atoms with van der Waals surface area (Å²) in [6.45, 7) is 6.33. The number of carbonyl (C=O) groups excluding carboxylic acids is 1. The number of hydrogen-bond acceptors (Lipinski definition) is 6. The fraction of sp³-hybridized carbons (Fsp3) is 0.583. The molecule has 0 spiro atoms. The fourth-order valence-corrected chi connectivity index (χ4v) is 5.48. The number of alkyl carbamates (subject to hydrolysis) is 1. The van der Waals surface area contributed by atoms with Crippen molar-refractivity contribution in [3.63, 3.8) is 0 Å². The molecule has 0 unspecified atom stereocenters. The molecule has 3 N–H and O–H groups in total. The van der Waals surface area contributed by atoms with Crippen LogP contribution in [0.1, 0.15) is 70.2 Å². The molecular formula is C24H30FN7O2. The molecular weight excluding hydrogens is 437 g/mol. The Labute approximate surface area is 196 Å². The highest BCUT2D eigenvalue weighted by molar-refractivity contribution is 5.72. The molecule has 2 bridgehead atoms. The molecule has 3 aromatic rings. The van der Waals surface area contributed by atoms with Crippen LogP contribution in [0.5, 0.6) is 0 Å². The molecule has 0 aromatic carbocycles. The van der Waals surface area contributed by atoms with E-state index in [0.29, 0.717) is 30.2 Å². The van der Waals surface area contributed by atoms with Crippen LogP contribution in [0.25, 0.3) is 5.52 Å². The van der Waals surface area contributed by atoms with Crippen LogP contribution < -0.4 is 10.6 Å². The Kier molecular flexibility index (Phi) is 4.66. The number of nitrogens with zero attached hydrogens (tertiary/aromatic N) is 4. The van der Waals surface area contributed by atoms with Crippen molar-refractivity contribution in [1.82, 2.24) is 30.1 Å². The predicted octanol–water partition coefficient (Wildman–Crippen LogP) is 4.36. The molecule has 4 fully saturated rings. The first-order valence-electron chi connectivity index (χ1n) is 12.0. The van der Waals surface area contributed by atoms with Crippen LogP contribution in [-0.2, 0) is 10.2 Å². The number of aromatic nitrogens is 5. The van der Waals surface area contributed by atoms with E-state index in [4.69, 9.17) is 4.74 Å². The van der Waals surface area contributed by atoms with E-state index in [1.54, 1.807) is 16.8 Å². The normalized spacial score (nSPS) is 30.0. The molecule has 0 radical (unpaired) electrons. The molecule has 4 aliphatic carbocycles. The van der Waals surface area contributed by atoms with Crippen LogP contribution >= 0.6 is 0 Å². The van der Waals surface area contributed by atoms with Crippen LogP contribution in [0.15, 0.2) is 24.5 Å². The first-order valence-corrected chi connectivity index (χ1v) is 12.0. The zero-order valence-corrected chi connectivity index (χ0v) is 19.6. The number of H-pyrrole nitrogens is 1. The summed E-state index contributed by atoms with van der Waals surface area (Å²) in [6.07, 6.45) is 5.12. The summed E-state index contributed by atoms with van der Waals surface area (Å²) in [6, 6.07) is 3.81. The third-order valence-corrected chi connectivity index (χ3v) is 7.57. The molecule has 7 rings (SSSR count). The number of alkyl halides is 1. The Bertz CT molecular complexity index is 1230. The number of rotatable bonds is 5. The Morgan fingerprint density at radius 3 is 2.76 bits per heavy atom. The lowest BCUT2D eigenvalue weighted by Gasteiger charge is -2.61. The number of ether oxygens (including phenoxy) is 1. The topological polar surface area (TPSA) is 109 Å². The van der Waals surface area contributed by atoms with Gasteiger partial charge in [-0.1, -0.05) is 20.8 Å². The van der Waals surface area contributed by atoms with Gasteiger partial charge in [0.25, 0.3) is 0 Å². The molecule has 34 heavy (non-hydrogen) atoms. The second-order valence-electron chi connectivity index (χ2n) is 11.2. The van der Waals surface area contributed by atoms with E-state index < -0.39 is 24.3 Å². The standard InChI is InChI=1S/C24H30FN7O2/c1-23(2,3)18-9-16-21(26-6-7-32(16)31-18)27-19-8-15(29-30-19)14-4-5-17(20(14)25)34-22(33)28-24-10-13(11-24)12-24/h6-9,13-14,17,20H,4-5,10-12H2,1-3H3,(H,28,33)(H2,26,27,29,30)/t13?,14-,17-,20-,24?/m0/s1. The fourth-order valence-electron chi connectivity index (χ4n) is 5.48. The Morgan fingerprint density at radius 1 is 1.26 bits per heavy atom. The highest BCUT2D eigenvalue weighted by atomic mass is 19.1. The van der Waals surface area contributed by atoms with Crippen LogP contribution in [0.4, 0.5) is 20.8 Å². The van der Waals surface area contributed by atoms with Gasteiger partial charge in [-0.05, 0) is 44.1 Å². The molecule has 3 aromatic heterocycles. The maximum absolute atomic E-state index is 15.2. The number of fused-ring (bicyclic) bond motifs is 1. The van der Waals surface area contributed by atoms with E-state index in [1.807, 2.05) is 12.3 Å². The van der Waals surface area contributed by atoms with Crippen LogP contribution in [0.3, 0.4) is 0 Å². The van der Waals surface area contributed by atoms with Crippen molar-refractivity contribution in [3.05, 3.63) is 35.9 Å². The van der Waals surface area contributed by atoms with Gasteiger partial charge in [0.15, 0.2) is 11.6 Å². The largest absolute Gasteiger partial charge is 0.443 e. The van der Waals surface area contributed by atoms with Gasteiger partial charge in [-0.2, -0.15) is 10.2 Å². The lowest BCUT2D eigenvalue weighted by atomic mass is 9.50. The highest BCUT2D eigenvalue weighted by Gasteiger charge is 2.58. The molecule has 0 aliphatic heterocycles. The summed E-state index contributed by atoms with van der Waals surface area (Å²) >= 11 is 0. The van der Waals surface area contributed by atoms with Crippen molar-refractivity contribution in [3.8, 4) is 0 Å². The van der Waals surface area contributed by atoms with Crippen molar-refractivity contribution < 1.29 is 13.9 Å². The van der Waals surface area contributed by atoms with Crippen molar-refractivity contribution in [2.45, 2.75) is 82.0 Å². The lowest BCUT2D eigenvalue weighted by Crippen LogP contribution is -2.68. The molecule has 3 atom stereocenters. The second-order valence-corrected chi connectivity index (χ2v) is 11.2. The smallest absolute Gasteiger partial charge is 0.407 e. The molecule has 10 heteroatoms. The van der Waals surface area contributed by atoms with Crippen molar-refractivity contribution in [1.29, 1.82) is 0 Å². The minimum atomic E-state index is -1.28. The molecule has 0 saturated heterocycles. The Hall–Kier alpha value is -3.17. The lowest BCUT2D eigenvalue weighted by molar-refractivity contribution is -0.0532. The summed E-state index contributed by atoms with van der Waals surface area (Å²) in [5.74, 6) is 1.53. The zero-order chi connectivity index (χ0) is 23.7. The second kappa shape index (κ2) is 7.41. The van der Waals surface area contributed by atoms with Gasteiger partial charge in [0.2, 0.25) is 0 Å². The van der Waals surface area contributed by atoms with E-state index in [1.165, 1.54) is 0 Å². The summed E-state index contributed by atoms with van der Waals surface area (Å²) < 4.78 is 22.4. The van der Waals surface area contributed by atoms with Crippen molar-refractivity contribution in [2.24, 2.45) is 5.92 Å². The van der Waals surface area contributed by atoms with Crippen LogP contribution in [-0.4, -0.2) is 48.7 Å². The number of aromatic amines is 1. The van der Waals surface area contributed by atoms with Gasteiger partial charge in [0, 0.05) is 41.0 Å². The molecule has 9 nitrogen and oxygen atoms in total. The van der Waals surface area contributed by atoms with Gasteiger partial charge in [-0.3, -0.25) is 5.10 Å². The van der Waals surface area contributed by atoms with E-state index in [2.05, 4.69) is 51.7 Å². The first kappa shape index (κ1) is 21.4. The Balaban J connectivity index is 1.12. The molecule has 4 saturated carbocycles. The highest BCUT2D eigenvalue weighted by Crippen LogP contribution is 2.57. The number of anilines is 2. The van der Waals surface area contributed by atoms with E-state index in [0.717, 1.165) is 36.4 Å². The number of halogens is 1. The van der Waals surface area contributed by atoms with Crippen LogP contribution in [0.2, 0.25) is 0 Å². The van der Waals surface area contributed by atoms with Crippen LogP contribution in [0, 0.1) is 5.92 Å². The summed E-state index contributed by atoms with van der Waals surface area (Å²) in [5.41, 5.74) is 2.31. The van der Waals surface area contributed by atoms with Gasteiger partial charge < -0.3 is 15.4 Å².